The maximum atomic E-state index is 12.3. The van der Waals surface area contributed by atoms with Crippen molar-refractivity contribution in [2.24, 2.45) is 5.92 Å². The Labute approximate surface area is 249 Å². The molecule has 0 aliphatic carbocycles. The monoisotopic (exact) mass is 558 g/mol. The van der Waals surface area contributed by atoms with Crippen LogP contribution >= 0.6 is 0 Å². The van der Waals surface area contributed by atoms with Crippen molar-refractivity contribution in [3.63, 3.8) is 0 Å². The van der Waals surface area contributed by atoms with Gasteiger partial charge in [0.2, 0.25) is 4.75 Å². The van der Waals surface area contributed by atoms with E-state index in [0.29, 0.717) is 12.8 Å². The van der Waals surface area contributed by atoms with Gasteiger partial charge in [-0.1, -0.05) is 142 Å². The summed E-state index contributed by atoms with van der Waals surface area (Å²) in [5.41, 5.74) is 0. The Morgan fingerprint density at radius 1 is 0.622 bits per heavy atom. The second-order valence-electron chi connectivity index (χ2n) is 10.5. The summed E-state index contributed by atoms with van der Waals surface area (Å²) in [5.74, 6) is -4.91. The first kappa shape index (κ1) is 39.0. The summed E-state index contributed by atoms with van der Waals surface area (Å²) in [6.45, 7) is 4.36. The summed E-state index contributed by atoms with van der Waals surface area (Å²) in [6.07, 6.45) is 19.7. The molecule has 2 atom stereocenters. The maximum absolute atomic E-state index is 12.3. The van der Waals surface area contributed by atoms with Gasteiger partial charge in [-0.05, 0) is 12.8 Å². The molecule has 9 heteroatoms. The molecule has 37 heavy (non-hydrogen) atoms. The quantitative estimate of drug-likeness (QED) is 0.0574. The first-order valence-corrected chi connectivity index (χ1v) is 16.0. The topological polar surface area (TPSA) is 129 Å². The number of aliphatic carboxylic acids is 2. The van der Waals surface area contributed by atoms with E-state index in [1.165, 1.54) is 57.8 Å². The van der Waals surface area contributed by atoms with Gasteiger partial charge in [-0.15, -0.1) is 0 Å². The normalized spacial score (nSPS) is 14.0. The molecule has 0 aliphatic heterocycles. The molecule has 0 spiro atoms. The number of carboxylic acids is 2. The molecule has 0 saturated heterocycles. The summed E-state index contributed by atoms with van der Waals surface area (Å²) >= 11 is 0. The standard InChI is InChI=1S/C28H54O7S.Na.H/c1-3-5-7-9-11-13-15-17-19-21-23-25(26(29)30)28(27(31)32,36(33,34)35)24-22-20-18-16-14-12-10-8-6-4-2;;/h25H,3-24H2,1-2H3,(H,29,30)(H,31,32)(H,33,34,35);;. The average Bonchev–Trinajstić information content (AvgIpc) is 2.80. The molecule has 0 radical (unpaired) electrons. The average molecular weight is 559 g/mol. The summed E-state index contributed by atoms with van der Waals surface area (Å²) in [6, 6.07) is 0. The van der Waals surface area contributed by atoms with Crippen LogP contribution in [0.25, 0.3) is 0 Å². The second kappa shape index (κ2) is 23.7. The zero-order valence-corrected chi connectivity index (χ0v) is 23.8. The van der Waals surface area contributed by atoms with E-state index >= 15 is 0 Å². The van der Waals surface area contributed by atoms with Crippen molar-refractivity contribution in [2.45, 2.75) is 160 Å². The van der Waals surface area contributed by atoms with Crippen LogP contribution in [-0.4, -0.2) is 69.4 Å². The van der Waals surface area contributed by atoms with Crippen LogP contribution in [0.5, 0.6) is 0 Å². The van der Waals surface area contributed by atoms with Gasteiger partial charge in [0, 0.05) is 0 Å². The first-order chi connectivity index (χ1) is 17.1. The fourth-order valence-electron chi connectivity index (χ4n) is 5.12. The molecule has 0 aromatic carbocycles. The van der Waals surface area contributed by atoms with Crippen molar-refractivity contribution in [3.8, 4) is 0 Å². The molecule has 7 nitrogen and oxygen atoms in total. The minimum atomic E-state index is -5.12. The Morgan fingerprint density at radius 3 is 1.24 bits per heavy atom. The van der Waals surface area contributed by atoms with Crippen LogP contribution in [0, 0.1) is 5.92 Å². The van der Waals surface area contributed by atoms with Gasteiger partial charge in [0.1, 0.15) is 0 Å². The molecule has 0 heterocycles. The molecule has 0 aromatic rings. The van der Waals surface area contributed by atoms with Crippen molar-refractivity contribution in [3.05, 3.63) is 0 Å². The van der Waals surface area contributed by atoms with Gasteiger partial charge in [0.25, 0.3) is 10.1 Å². The van der Waals surface area contributed by atoms with Crippen LogP contribution in [0.3, 0.4) is 0 Å². The van der Waals surface area contributed by atoms with Crippen LogP contribution in [0.1, 0.15) is 155 Å². The third-order valence-electron chi connectivity index (χ3n) is 7.43. The summed E-state index contributed by atoms with van der Waals surface area (Å²) in [5, 5.41) is 19.7. The number of carboxylic acid groups (broad SMARTS) is 2. The van der Waals surface area contributed by atoms with E-state index in [2.05, 4.69) is 13.8 Å². The third kappa shape index (κ3) is 16.5. The molecule has 0 amide bonds. The Balaban J connectivity index is 0. The van der Waals surface area contributed by atoms with E-state index in [0.717, 1.165) is 51.4 Å². The van der Waals surface area contributed by atoms with Gasteiger partial charge in [0.05, 0.1) is 5.92 Å². The fourth-order valence-corrected chi connectivity index (χ4v) is 6.32. The van der Waals surface area contributed by atoms with Crippen molar-refractivity contribution < 1.29 is 32.8 Å². The van der Waals surface area contributed by atoms with Crippen LogP contribution in [0.2, 0.25) is 0 Å². The molecule has 0 fully saturated rings. The summed E-state index contributed by atoms with van der Waals surface area (Å²) in [7, 11) is -5.12. The predicted molar refractivity (Wildman–Crippen MR) is 153 cm³/mol. The molecule has 0 rings (SSSR count). The van der Waals surface area contributed by atoms with Gasteiger partial charge < -0.3 is 10.2 Å². The molecule has 3 N–H and O–H groups in total. The van der Waals surface area contributed by atoms with Gasteiger partial charge in [-0.25, -0.2) is 0 Å². The number of unbranched alkanes of at least 4 members (excludes halogenated alkanes) is 18. The Hall–Kier alpha value is -0.150. The van der Waals surface area contributed by atoms with E-state index < -0.39 is 32.7 Å². The zero-order valence-electron chi connectivity index (χ0n) is 23.0. The van der Waals surface area contributed by atoms with E-state index in [4.69, 9.17) is 0 Å². The molecule has 0 saturated carbocycles. The Morgan fingerprint density at radius 2 is 0.946 bits per heavy atom. The fraction of sp³-hybridized carbons (Fsp3) is 0.929. The van der Waals surface area contributed by atoms with Gasteiger partial charge in [0.15, 0.2) is 0 Å². The number of hydrogen-bond donors (Lipinski definition) is 3. The zero-order chi connectivity index (χ0) is 27.3. The molecular formula is C28H55NaO7S. The third-order valence-corrected chi connectivity index (χ3v) is 9.02. The van der Waals surface area contributed by atoms with Crippen molar-refractivity contribution in [2.75, 3.05) is 0 Å². The number of carbonyl (C=O) groups is 2. The molecule has 0 aromatic heterocycles. The van der Waals surface area contributed by atoms with Crippen LogP contribution in [0.15, 0.2) is 0 Å². The summed E-state index contributed by atoms with van der Waals surface area (Å²) < 4.78 is 31.9. The number of hydrogen-bond acceptors (Lipinski definition) is 4. The molecule has 0 aliphatic rings. The van der Waals surface area contributed by atoms with Gasteiger partial charge in [-0.2, -0.15) is 8.42 Å². The SMILES string of the molecule is CCCCCCCCCCCCC(C(=O)O)C(CCCCCCCCCCCC)(C(=O)O)S(=O)(=O)O.[NaH]. The number of rotatable bonds is 26. The minimum absolute atomic E-state index is 0. The Bertz CT molecular complexity index is 684. The van der Waals surface area contributed by atoms with Crippen molar-refractivity contribution in [1.29, 1.82) is 0 Å². The first-order valence-electron chi connectivity index (χ1n) is 14.6. The van der Waals surface area contributed by atoms with Crippen molar-refractivity contribution >= 4 is 51.6 Å². The molecular weight excluding hydrogens is 503 g/mol. The van der Waals surface area contributed by atoms with E-state index in [1.807, 2.05) is 0 Å². The molecule has 0 bridgehead atoms. The van der Waals surface area contributed by atoms with Crippen LogP contribution < -0.4 is 0 Å². The molecule has 2 unspecified atom stereocenters. The predicted octanol–water partition coefficient (Wildman–Crippen LogP) is 7.37. The van der Waals surface area contributed by atoms with Crippen LogP contribution in [0.4, 0.5) is 0 Å². The van der Waals surface area contributed by atoms with E-state index in [9.17, 15) is 32.8 Å². The van der Waals surface area contributed by atoms with Crippen molar-refractivity contribution in [1.82, 2.24) is 0 Å². The van der Waals surface area contributed by atoms with Gasteiger partial charge in [-0.3, -0.25) is 14.1 Å². The Kier molecular flexibility index (Phi) is 25.0. The van der Waals surface area contributed by atoms with Gasteiger partial charge >= 0.3 is 41.5 Å². The summed E-state index contributed by atoms with van der Waals surface area (Å²) in [4.78, 5) is 24.2. The van der Waals surface area contributed by atoms with Crippen LogP contribution in [-0.2, 0) is 19.7 Å². The second-order valence-corrected chi connectivity index (χ2v) is 12.1. The molecule has 216 valence electrons. The van der Waals surface area contributed by atoms with E-state index in [-0.39, 0.29) is 48.8 Å². The van der Waals surface area contributed by atoms with E-state index in [1.54, 1.807) is 0 Å².